The van der Waals surface area contributed by atoms with Gasteiger partial charge in [-0.05, 0) is 13.8 Å². The highest BCUT2D eigenvalue weighted by molar-refractivity contribution is 5.72. The predicted molar refractivity (Wildman–Crippen MR) is 58.5 cm³/mol. The molecule has 0 bridgehead atoms. The molecule has 0 fully saturated rings. The molecular weight excluding hydrogens is 192 g/mol. The number of aromatic nitrogens is 4. The Morgan fingerprint density at radius 1 is 1.33 bits per heavy atom. The van der Waals surface area contributed by atoms with Crippen LogP contribution in [0.2, 0.25) is 0 Å². The van der Waals surface area contributed by atoms with E-state index >= 15 is 0 Å². The van der Waals surface area contributed by atoms with Crippen LogP contribution < -0.4 is 11.6 Å². The van der Waals surface area contributed by atoms with E-state index in [1.807, 2.05) is 20.9 Å². The molecule has 0 aliphatic heterocycles. The van der Waals surface area contributed by atoms with Crippen molar-refractivity contribution >= 4 is 5.82 Å². The molecule has 80 valence electrons. The van der Waals surface area contributed by atoms with E-state index in [2.05, 4.69) is 10.1 Å². The van der Waals surface area contributed by atoms with Crippen molar-refractivity contribution in [1.29, 1.82) is 0 Å². The number of rotatable bonds is 1. The summed E-state index contributed by atoms with van der Waals surface area (Å²) in [6, 6.07) is 0. The van der Waals surface area contributed by atoms with Crippen LogP contribution in [-0.2, 0) is 7.05 Å². The molecule has 0 saturated heterocycles. The first-order chi connectivity index (χ1) is 7.02. The molecule has 0 radical (unpaired) electrons. The van der Waals surface area contributed by atoms with Crippen molar-refractivity contribution in [2.24, 2.45) is 7.05 Å². The van der Waals surface area contributed by atoms with E-state index in [4.69, 9.17) is 11.6 Å². The predicted octanol–water partition coefficient (Wildman–Crippen LogP) is 0.196. The normalized spacial score (nSPS) is 10.9. The van der Waals surface area contributed by atoms with Crippen LogP contribution in [0.4, 0.5) is 5.82 Å². The fraction of sp³-hybridized carbons (Fsp3) is 0.333. The van der Waals surface area contributed by atoms with Crippen molar-refractivity contribution in [3.63, 3.8) is 0 Å². The minimum Gasteiger partial charge on any atom is -0.382 e. The Labute approximate surface area is 87.5 Å². The van der Waals surface area contributed by atoms with Crippen molar-refractivity contribution in [2.75, 3.05) is 11.6 Å². The van der Waals surface area contributed by atoms with Crippen LogP contribution in [0.15, 0.2) is 6.20 Å². The van der Waals surface area contributed by atoms with Crippen LogP contribution in [0, 0.1) is 13.8 Å². The molecule has 6 nitrogen and oxygen atoms in total. The van der Waals surface area contributed by atoms with Gasteiger partial charge in [-0.2, -0.15) is 5.10 Å². The number of hydrogen-bond donors (Lipinski definition) is 2. The Balaban J connectivity index is 2.64. The van der Waals surface area contributed by atoms with E-state index in [0.29, 0.717) is 17.3 Å². The first-order valence-electron chi connectivity index (χ1n) is 4.61. The monoisotopic (exact) mass is 206 g/mol. The van der Waals surface area contributed by atoms with Crippen molar-refractivity contribution in [3.05, 3.63) is 17.7 Å². The summed E-state index contributed by atoms with van der Waals surface area (Å²) >= 11 is 0. The zero-order chi connectivity index (χ0) is 11.2. The molecular formula is C9H14N6. The van der Waals surface area contributed by atoms with Gasteiger partial charge in [0, 0.05) is 18.3 Å². The van der Waals surface area contributed by atoms with Crippen molar-refractivity contribution in [3.8, 4) is 11.3 Å². The van der Waals surface area contributed by atoms with E-state index in [1.165, 1.54) is 4.68 Å². The maximum absolute atomic E-state index is 5.85. The Morgan fingerprint density at radius 3 is 2.40 bits per heavy atom. The summed E-state index contributed by atoms with van der Waals surface area (Å²) in [6.45, 7) is 3.78. The van der Waals surface area contributed by atoms with Gasteiger partial charge in [-0.15, -0.1) is 0 Å². The van der Waals surface area contributed by atoms with Gasteiger partial charge in [0.2, 0.25) is 0 Å². The van der Waals surface area contributed by atoms with Gasteiger partial charge in [0.15, 0.2) is 5.82 Å². The largest absolute Gasteiger partial charge is 0.382 e. The molecule has 0 aliphatic rings. The average molecular weight is 206 g/mol. The number of nitrogens with two attached hydrogens (primary N) is 2. The lowest BCUT2D eigenvalue weighted by Crippen LogP contribution is -2.13. The first kappa shape index (κ1) is 9.57. The second-order valence-corrected chi connectivity index (χ2v) is 3.53. The molecule has 15 heavy (non-hydrogen) atoms. The molecule has 0 amide bonds. The Morgan fingerprint density at radius 2 is 2.00 bits per heavy atom. The number of anilines is 1. The summed E-state index contributed by atoms with van der Waals surface area (Å²) in [5.41, 5.74) is 8.48. The maximum atomic E-state index is 5.85. The summed E-state index contributed by atoms with van der Waals surface area (Å²) in [6.07, 6.45) is 1.74. The number of imidazole rings is 1. The minimum atomic E-state index is 0.462. The molecule has 0 saturated carbocycles. The molecule has 2 aromatic rings. The standard InChI is InChI=1S/C9H14N6/c1-5-7(4-12-14(5)3)8-9(10)15(11)6(2)13-8/h4H,10-11H2,1-3H3. The summed E-state index contributed by atoms with van der Waals surface area (Å²) in [5.74, 6) is 6.85. The molecule has 4 N–H and O–H groups in total. The highest BCUT2D eigenvalue weighted by Crippen LogP contribution is 2.26. The Kier molecular flexibility index (Phi) is 1.92. The topological polar surface area (TPSA) is 87.7 Å². The van der Waals surface area contributed by atoms with E-state index in [9.17, 15) is 0 Å². The summed E-state index contributed by atoms with van der Waals surface area (Å²) < 4.78 is 3.15. The molecule has 0 spiro atoms. The Bertz CT molecular complexity index is 507. The van der Waals surface area contributed by atoms with Gasteiger partial charge >= 0.3 is 0 Å². The lowest BCUT2D eigenvalue weighted by Gasteiger charge is -1.99. The molecule has 0 atom stereocenters. The van der Waals surface area contributed by atoms with Crippen LogP contribution in [0.5, 0.6) is 0 Å². The van der Waals surface area contributed by atoms with E-state index in [1.54, 1.807) is 10.9 Å². The summed E-state index contributed by atoms with van der Waals surface area (Å²) in [5, 5.41) is 4.14. The molecule has 2 rings (SSSR count). The third-order valence-electron chi connectivity index (χ3n) is 2.61. The van der Waals surface area contributed by atoms with Crippen LogP contribution in [0.25, 0.3) is 11.3 Å². The van der Waals surface area contributed by atoms with E-state index in [-0.39, 0.29) is 0 Å². The van der Waals surface area contributed by atoms with Crippen molar-refractivity contribution < 1.29 is 0 Å². The second kappa shape index (κ2) is 3.01. The van der Waals surface area contributed by atoms with Gasteiger partial charge in [-0.1, -0.05) is 0 Å². The lowest BCUT2D eigenvalue weighted by atomic mass is 10.2. The highest BCUT2D eigenvalue weighted by Gasteiger charge is 2.15. The zero-order valence-corrected chi connectivity index (χ0v) is 9.02. The minimum absolute atomic E-state index is 0.462. The zero-order valence-electron chi connectivity index (χ0n) is 9.02. The van der Waals surface area contributed by atoms with Crippen LogP contribution in [-0.4, -0.2) is 19.4 Å². The molecule has 6 heteroatoms. The fourth-order valence-electron chi connectivity index (χ4n) is 1.49. The van der Waals surface area contributed by atoms with Crippen molar-refractivity contribution in [2.45, 2.75) is 13.8 Å². The van der Waals surface area contributed by atoms with Gasteiger partial charge in [0.05, 0.1) is 6.20 Å². The maximum Gasteiger partial charge on any atom is 0.150 e. The lowest BCUT2D eigenvalue weighted by molar-refractivity contribution is 0.740. The van der Waals surface area contributed by atoms with E-state index in [0.717, 1.165) is 11.3 Å². The highest BCUT2D eigenvalue weighted by atomic mass is 15.4. The molecule has 2 aromatic heterocycles. The molecule has 0 aromatic carbocycles. The second-order valence-electron chi connectivity index (χ2n) is 3.53. The van der Waals surface area contributed by atoms with Gasteiger partial charge in [0.1, 0.15) is 11.5 Å². The molecule has 0 aliphatic carbocycles. The Hall–Kier alpha value is -1.98. The van der Waals surface area contributed by atoms with Gasteiger partial charge < -0.3 is 11.6 Å². The third kappa shape index (κ3) is 1.25. The van der Waals surface area contributed by atoms with Gasteiger partial charge in [-0.3, -0.25) is 4.68 Å². The average Bonchev–Trinajstić information content (AvgIpc) is 2.64. The number of nitrogens with zero attached hydrogens (tertiary/aromatic N) is 4. The number of hydrogen-bond acceptors (Lipinski definition) is 4. The molecule has 2 heterocycles. The number of nitrogen functional groups attached to an aromatic ring is 2. The van der Waals surface area contributed by atoms with Crippen LogP contribution in [0.1, 0.15) is 11.5 Å². The fourth-order valence-corrected chi connectivity index (χ4v) is 1.49. The van der Waals surface area contributed by atoms with Gasteiger partial charge in [0.25, 0.3) is 0 Å². The van der Waals surface area contributed by atoms with Crippen LogP contribution >= 0.6 is 0 Å². The SMILES string of the molecule is Cc1c(-c2nc(C)n(N)c2N)cnn1C. The van der Waals surface area contributed by atoms with Gasteiger partial charge in [-0.25, -0.2) is 9.66 Å². The smallest absolute Gasteiger partial charge is 0.150 e. The third-order valence-corrected chi connectivity index (χ3v) is 2.61. The van der Waals surface area contributed by atoms with E-state index < -0.39 is 0 Å². The summed E-state index contributed by atoms with van der Waals surface area (Å²) in [4.78, 5) is 4.31. The summed E-state index contributed by atoms with van der Waals surface area (Å²) in [7, 11) is 1.88. The van der Waals surface area contributed by atoms with Crippen LogP contribution in [0.3, 0.4) is 0 Å². The molecule has 0 unspecified atom stereocenters. The quantitative estimate of drug-likeness (QED) is 0.652. The number of aryl methyl sites for hydroxylation is 2. The first-order valence-corrected chi connectivity index (χ1v) is 4.61. The van der Waals surface area contributed by atoms with Crippen molar-refractivity contribution in [1.82, 2.24) is 19.4 Å².